The van der Waals surface area contributed by atoms with Gasteiger partial charge in [0.1, 0.15) is 5.82 Å². The molecule has 1 rings (SSSR count). The molecular weight excluding hydrogens is 231 g/mol. The molecule has 18 heavy (non-hydrogen) atoms. The summed E-state index contributed by atoms with van der Waals surface area (Å²) in [6.45, 7) is 6.38. The van der Waals surface area contributed by atoms with Crippen molar-refractivity contribution in [2.75, 3.05) is 0 Å². The second-order valence-electron chi connectivity index (χ2n) is 4.55. The number of benzene rings is 1. The second kappa shape index (κ2) is 7.11. The van der Waals surface area contributed by atoms with Crippen molar-refractivity contribution in [2.24, 2.45) is 0 Å². The fourth-order valence-corrected chi connectivity index (χ4v) is 1.44. The van der Waals surface area contributed by atoms with Gasteiger partial charge in [-0.25, -0.2) is 4.39 Å². The Balaban J connectivity index is 2.38. The van der Waals surface area contributed by atoms with E-state index < -0.39 is 0 Å². The molecule has 0 fully saturated rings. The van der Waals surface area contributed by atoms with E-state index in [1.165, 1.54) is 12.1 Å². The molecule has 0 heterocycles. The molecular formula is C14H21FN2O. The second-order valence-corrected chi connectivity index (χ2v) is 4.55. The third kappa shape index (κ3) is 4.84. The van der Waals surface area contributed by atoms with Crippen molar-refractivity contribution in [3.63, 3.8) is 0 Å². The van der Waals surface area contributed by atoms with E-state index in [1.807, 2.05) is 20.8 Å². The minimum atomic E-state index is -0.260. The predicted octanol–water partition coefficient (Wildman–Crippen LogP) is 2.22. The van der Waals surface area contributed by atoms with E-state index in [0.717, 1.165) is 12.0 Å². The van der Waals surface area contributed by atoms with Crippen LogP contribution in [0.4, 0.5) is 4.39 Å². The molecule has 0 saturated carbocycles. The normalized spacial score (nSPS) is 14.0. The van der Waals surface area contributed by atoms with Crippen LogP contribution in [0.1, 0.15) is 32.8 Å². The van der Waals surface area contributed by atoms with Gasteiger partial charge in [-0.3, -0.25) is 4.79 Å². The van der Waals surface area contributed by atoms with E-state index in [4.69, 9.17) is 0 Å². The van der Waals surface area contributed by atoms with Crippen molar-refractivity contribution < 1.29 is 9.18 Å². The summed E-state index contributed by atoms with van der Waals surface area (Å²) < 4.78 is 12.7. The average Bonchev–Trinajstić information content (AvgIpc) is 2.37. The van der Waals surface area contributed by atoms with Gasteiger partial charge in [0.2, 0.25) is 5.91 Å². The van der Waals surface area contributed by atoms with Crippen molar-refractivity contribution >= 4 is 5.91 Å². The Bertz CT molecular complexity index is 378. The topological polar surface area (TPSA) is 41.1 Å². The maximum Gasteiger partial charge on any atom is 0.237 e. The summed E-state index contributed by atoms with van der Waals surface area (Å²) in [5, 5.41) is 6.03. The Labute approximate surface area is 108 Å². The first-order valence-corrected chi connectivity index (χ1v) is 6.31. The zero-order valence-electron chi connectivity index (χ0n) is 11.2. The Morgan fingerprint density at radius 3 is 2.44 bits per heavy atom. The Morgan fingerprint density at radius 2 is 1.89 bits per heavy atom. The maximum atomic E-state index is 12.7. The highest BCUT2D eigenvalue weighted by molar-refractivity contribution is 5.81. The van der Waals surface area contributed by atoms with Gasteiger partial charge in [-0.1, -0.05) is 19.1 Å². The molecule has 1 amide bonds. The molecule has 0 saturated heterocycles. The van der Waals surface area contributed by atoms with Crippen LogP contribution >= 0.6 is 0 Å². The summed E-state index contributed by atoms with van der Waals surface area (Å²) in [6.07, 6.45) is 0.913. The van der Waals surface area contributed by atoms with E-state index in [-0.39, 0.29) is 23.8 Å². The number of rotatable bonds is 6. The molecule has 4 heteroatoms. The van der Waals surface area contributed by atoms with Gasteiger partial charge in [-0.15, -0.1) is 0 Å². The van der Waals surface area contributed by atoms with Crippen molar-refractivity contribution in [3.05, 3.63) is 35.6 Å². The summed E-state index contributed by atoms with van der Waals surface area (Å²) in [7, 11) is 0. The number of hydrogen-bond donors (Lipinski definition) is 2. The summed E-state index contributed by atoms with van der Waals surface area (Å²) in [5.41, 5.74) is 0.958. The van der Waals surface area contributed by atoms with Gasteiger partial charge in [-0.2, -0.15) is 0 Å². The molecule has 2 N–H and O–H groups in total. The van der Waals surface area contributed by atoms with E-state index in [0.29, 0.717) is 6.54 Å². The fourth-order valence-electron chi connectivity index (χ4n) is 1.44. The van der Waals surface area contributed by atoms with Crippen molar-refractivity contribution in [1.29, 1.82) is 0 Å². The molecule has 0 aliphatic heterocycles. The molecule has 0 aliphatic rings. The smallest absolute Gasteiger partial charge is 0.237 e. The van der Waals surface area contributed by atoms with E-state index in [9.17, 15) is 9.18 Å². The third-order valence-electron chi connectivity index (χ3n) is 2.92. The number of hydrogen-bond acceptors (Lipinski definition) is 2. The van der Waals surface area contributed by atoms with Crippen LogP contribution in [0.2, 0.25) is 0 Å². The highest BCUT2D eigenvalue weighted by atomic mass is 19.1. The minimum absolute atomic E-state index is 0.00791. The largest absolute Gasteiger partial charge is 0.352 e. The lowest BCUT2D eigenvalue weighted by atomic mass is 10.2. The van der Waals surface area contributed by atoms with Gasteiger partial charge in [0.15, 0.2) is 0 Å². The number of nitrogens with one attached hydrogen (secondary N) is 2. The Hall–Kier alpha value is -1.42. The van der Waals surface area contributed by atoms with Gasteiger partial charge in [0.25, 0.3) is 0 Å². The van der Waals surface area contributed by atoms with Gasteiger partial charge in [0, 0.05) is 12.6 Å². The summed E-state index contributed by atoms with van der Waals surface area (Å²) in [4.78, 5) is 11.8. The first-order valence-electron chi connectivity index (χ1n) is 6.31. The van der Waals surface area contributed by atoms with Crippen LogP contribution in [0.3, 0.4) is 0 Å². The lowest BCUT2D eigenvalue weighted by molar-refractivity contribution is -0.123. The Morgan fingerprint density at radius 1 is 1.28 bits per heavy atom. The van der Waals surface area contributed by atoms with Crippen LogP contribution in [0.25, 0.3) is 0 Å². The van der Waals surface area contributed by atoms with Crippen molar-refractivity contribution in [2.45, 2.75) is 45.8 Å². The molecule has 2 atom stereocenters. The Kier molecular flexibility index (Phi) is 5.78. The fraction of sp³-hybridized carbons (Fsp3) is 0.500. The highest BCUT2D eigenvalue weighted by Crippen LogP contribution is 2.02. The molecule has 0 radical (unpaired) electrons. The number of amides is 1. The van der Waals surface area contributed by atoms with Crippen molar-refractivity contribution in [1.82, 2.24) is 10.6 Å². The van der Waals surface area contributed by atoms with Crippen LogP contribution in [0.5, 0.6) is 0 Å². The molecule has 100 valence electrons. The van der Waals surface area contributed by atoms with Gasteiger partial charge in [0.05, 0.1) is 6.04 Å². The SMILES string of the molecule is CCC(C)NC(=O)C(C)NCc1ccc(F)cc1. The standard InChI is InChI=1S/C14H21FN2O/c1-4-10(2)17-14(18)11(3)16-9-12-5-7-13(15)8-6-12/h5-8,10-11,16H,4,9H2,1-3H3,(H,17,18). The molecule has 2 unspecified atom stereocenters. The molecule has 0 aromatic heterocycles. The van der Waals surface area contributed by atoms with Gasteiger partial charge < -0.3 is 10.6 Å². The van der Waals surface area contributed by atoms with E-state index >= 15 is 0 Å². The summed E-state index contributed by atoms with van der Waals surface area (Å²) >= 11 is 0. The first kappa shape index (κ1) is 14.6. The van der Waals surface area contributed by atoms with Crippen LogP contribution in [0, 0.1) is 5.82 Å². The number of carbonyl (C=O) groups is 1. The quantitative estimate of drug-likeness (QED) is 0.815. The number of halogens is 1. The van der Waals surface area contributed by atoms with Crippen molar-refractivity contribution in [3.8, 4) is 0 Å². The lowest BCUT2D eigenvalue weighted by Crippen LogP contribution is -2.45. The summed E-state index contributed by atoms with van der Waals surface area (Å²) in [6, 6.07) is 6.18. The molecule has 3 nitrogen and oxygen atoms in total. The molecule has 1 aromatic carbocycles. The molecule has 1 aromatic rings. The first-order chi connectivity index (χ1) is 8.52. The van der Waals surface area contributed by atoms with Crippen LogP contribution in [-0.4, -0.2) is 18.0 Å². The molecule has 0 aliphatic carbocycles. The van der Waals surface area contributed by atoms with E-state index in [1.54, 1.807) is 12.1 Å². The molecule has 0 bridgehead atoms. The van der Waals surface area contributed by atoms with Crippen LogP contribution in [-0.2, 0) is 11.3 Å². The average molecular weight is 252 g/mol. The third-order valence-corrected chi connectivity index (χ3v) is 2.92. The van der Waals surface area contributed by atoms with Gasteiger partial charge in [-0.05, 0) is 38.0 Å². The minimum Gasteiger partial charge on any atom is -0.352 e. The highest BCUT2D eigenvalue weighted by Gasteiger charge is 2.13. The maximum absolute atomic E-state index is 12.7. The number of carbonyl (C=O) groups excluding carboxylic acids is 1. The van der Waals surface area contributed by atoms with Crippen LogP contribution in [0.15, 0.2) is 24.3 Å². The lowest BCUT2D eigenvalue weighted by Gasteiger charge is -2.17. The van der Waals surface area contributed by atoms with Crippen LogP contribution < -0.4 is 10.6 Å². The monoisotopic (exact) mass is 252 g/mol. The zero-order chi connectivity index (χ0) is 13.5. The summed E-state index contributed by atoms with van der Waals surface area (Å²) in [5.74, 6) is -0.257. The predicted molar refractivity (Wildman–Crippen MR) is 70.6 cm³/mol. The van der Waals surface area contributed by atoms with Gasteiger partial charge >= 0.3 is 0 Å². The molecule has 0 spiro atoms. The van der Waals surface area contributed by atoms with E-state index in [2.05, 4.69) is 10.6 Å². The zero-order valence-corrected chi connectivity index (χ0v) is 11.2.